The van der Waals surface area contributed by atoms with Crippen molar-refractivity contribution in [1.82, 2.24) is 5.43 Å². The van der Waals surface area contributed by atoms with E-state index in [0.717, 1.165) is 11.3 Å². The second-order valence-corrected chi connectivity index (χ2v) is 6.92. The Bertz CT molecular complexity index is 914. The van der Waals surface area contributed by atoms with Gasteiger partial charge in [0.15, 0.2) is 6.29 Å². The highest BCUT2D eigenvalue weighted by Crippen LogP contribution is 2.44. The number of rotatable bonds is 5. The normalized spacial score (nSPS) is 22.9. The Labute approximate surface area is 181 Å². The molecule has 0 aliphatic carbocycles. The molecule has 0 bridgehead atoms. The Morgan fingerprint density at radius 1 is 1.07 bits per heavy atom. The molecular formula is C22H25ClN2O5. The molecule has 30 heavy (non-hydrogen) atoms. The molecule has 1 fully saturated rings. The zero-order chi connectivity index (χ0) is 20.4. The van der Waals surface area contributed by atoms with Gasteiger partial charge >= 0.3 is 0 Å². The number of anilines is 1. The van der Waals surface area contributed by atoms with Crippen molar-refractivity contribution in [2.45, 2.75) is 24.7 Å². The van der Waals surface area contributed by atoms with E-state index >= 15 is 0 Å². The zero-order valence-electron chi connectivity index (χ0n) is 17.1. The van der Waals surface area contributed by atoms with E-state index in [4.69, 9.17) is 18.9 Å². The first kappa shape index (κ1) is 22.0. The maximum Gasteiger partial charge on any atom is 0.249 e. The molecule has 1 N–H and O–H groups in total. The van der Waals surface area contributed by atoms with Crippen molar-refractivity contribution in [3.63, 3.8) is 0 Å². The molecule has 4 rings (SSSR count). The molecule has 0 spiro atoms. The molecule has 2 heterocycles. The number of carbonyl (C=O) groups is 1. The van der Waals surface area contributed by atoms with E-state index in [1.165, 1.54) is 5.01 Å². The highest BCUT2D eigenvalue weighted by Gasteiger charge is 2.49. The number of hydrogen-bond donors (Lipinski definition) is 1. The van der Waals surface area contributed by atoms with Crippen LogP contribution >= 0.6 is 12.4 Å². The molecule has 2 aromatic rings. The van der Waals surface area contributed by atoms with Crippen LogP contribution in [0.4, 0.5) is 5.69 Å². The number of nitrogens with one attached hydrogen (secondary N) is 1. The van der Waals surface area contributed by atoms with Crippen molar-refractivity contribution in [3.8, 4) is 11.5 Å². The van der Waals surface area contributed by atoms with E-state index < -0.39 is 11.9 Å². The minimum Gasteiger partial charge on any atom is -0.497 e. The van der Waals surface area contributed by atoms with E-state index in [9.17, 15) is 4.79 Å². The molecule has 160 valence electrons. The number of hydrazine groups is 1. The fourth-order valence-corrected chi connectivity index (χ4v) is 3.77. The molecule has 0 unspecified atom stereocenters. The number of methoxy groups -OCH3 is 3. The van der Waals surface area contributed by atoms with Crippen LogP contribution < -0.4 is 19.9 Å². The van der Waals surface area contributed by atoms with Gasteiger partial charge in [-0.3, -0.25) is 10.2 Å². The Morgan fingerprint density at radius 3 is 2.33 bits per heavy atom. The summed E-state index contributed by atoms with van der Waals surface area (Å²) in [6, 6.07) is 15.1. The average Bonchev–Trinajstić information content (AvgIpc) is 2.78. The van der Waals surface area contributed by atoms with Crippen molar-refractivity contribution >= 4 is 24.0 Å². The molecule has 0 radical (unpaired) electrons. The fourth-order valence-electron chi connectivity index (χ4n) is 3.77. The van der Waals surface area contributed by atoms with E-state index in [2.05, 4.69) is 5.43 Å². The van der Waals surface area contributed by atoms with Crippen LogP contribution in [0.1, 0.15) is 18.4 Å². The van der Waals surface area contributed by atoms with E-state index in [-0.39, 0.29) is 24.7 Å². The lowest BCUT2D eigenvalue weighted by atomic mass is 9.83. The summed E-state index contributed by atoms with van der Waals surface area (Å²) in [6.45, 7) is 0. The van der Waals surface area contributed by atoms with E-state index in [0.29, 0.717) is 23.6 Å². The van der Waals surface area contributed by atoms with Gasteiger partial charge in [0, 0.05) is 31.7 Å². The molecule has 8 heteroatoms. The second kappa shape index (κ2) is 8.95. The van der Waals surface area contributed by atoms with Gasteiger partial charge in [0.05, 0.1) is 32.0 Å². The molecule has 2 aromatic carbocycles. The van der Waals surface area contributed by atoms with Crippen molar-refractivity contribution in [3.05, 3.63) is 65.9 Å². The SMILES string of the molecule is COc1cc(OC)cc(N2NC3=CC[C@@H](OC)O[C@@]3(c3ccccc3)CC2=O)c1.Cl. The third-order valence-corrected chi connectivity index (χ3v) is 5.26. The Kier molecular flexibility index (Phi) is 6.55. The van der Waals surface area contributed by atoms with Gasteiger partial charge in [0.1, 0.15) is 17.1 Å². The first-order valence-electron chi connectivity index (χ1n) is 9.39. The monoisotopic (exact) mass is 432 g/mol. The summed E-state index contributed by atoms with van der Waals surface area (Å²) in [5.41, 5.74) is 4.67. The quantitative estimate of drug-likeness (QED) is 0.779. The molecule has 0 saturated carbocycles. The Balaban J connectivity index is 0.00000256. The summed E-state index contributed by atoms with van der Waals surface area (Å²) in [5, 5.41) is 1.51. The highest BCUT2D eigenvalue weighted by molar-refractivity contribution is 5.95. The van der Waals surface area contributed by atoms with Crippen LogP contribution in [-0.2, 0) is 19.9 Å². The summed E-state index contributed by atoms with van der Waals surface area (Å²) in [6.07, 6.45) is 2.32. The van der Waals surface area contributed by atoms with Gasteiger partial charge in [-0.1, -0.05) is 36.4 Å². The lowest BCUT2D eigenvalue weighted by Gasteiger charge is -2.47. The fraction of sp³-hybridized carbons (Fsp3) is 0.318. The largest absolute Gasteiger partial charge is 0.497 e. The lowest BCUT2D eigenvalue weighted by Crippen LogP contribution is -2.58. The van der Waals surface area contributed by atoms with Crippen LogP contribution in [-0.4, -0.2) is 33.5 Å². The van der Waals surface area contributed by atoms with Crippen LogP contribution in [0.3, 0.4) is 0 Å². The van der Waals surface area contributed by atoms with Crippen molar-refractivity contribution in [2.75, 3.05) is 26.3 Å². The number of hydrogen-bond acceptors (Lipinski definition) is 6. The molecule has 1 amide bonds. The topological polar surface area (TPSA) is 69.3 Å². The first-order valence-corrected chi connectivity index (χ1v) is 9.39. The maximum absolute atomic E-state index is 13.3. The number of fused-ring (bicyclic) bond motifs is 1. The van der Waals surface area contributed by atoms with Crippen LogP contribution in [0, 0.1) is 0 Å². The summed E-state index contributed by atoms with van der Waals surface area (Å²) >= 11 is 0. The molecule has 7 nitrogen and oxygen atoms in total. The van der Waals surface area contributed by atoms with Gasteiger partial charge in [-0.25, -0.2) is 5.01 Å². The van der Waals surface area contributed by atoms with Gasteiger partial charge in [0.2, 0.25) is 5.91 Å². The smallest absolute Gasteiger partial charge is 0.249 e. The van der Waals surface area contributed by atoms with Crippen molar-refractivity contribution in [2.24, 2.45) is 0 Å². The van der Waals surface area contributed by atoms with Crippen molar-refractivity contribution in [1.29, 1.82) is 0 Å². The molecule has 0 aromatic heterocycles. The molecule has 2 aliphatic heterocycles. The summed E-state index contributed by atoms with van der Waals surface area (Å²) in [7, 11) is 4.76. The van der Waals surface area contributed by atoms with Crippen molar-refractivity contribution < 1.29 is 23.7 Å². The number of halogens is 1. The number of carbonyl (C=O) groups excluding carboxylic acids is 1. The van der Waals surface area contributed by atoms with E-state index in [1.54, 1.807) is 39.5 Å². The number of ether oxygens (including phenoxy) is 4. The zero-order valence-corrected chi connectivity index (χ0v) is 17.9. The molecular weight excluding hydrogens is 408 g/mol. The van der Waals surface area contributed by atoms with Gasteiger partial charge in [0.25, 0.3) is 0 Å². The second-order valence-electron chi connectivity index (χ2n) is 6.92. The summed E-state index contributed by atoms with van der Waals surface area (Å²) in [4.78, 5) is 13.3. The predicted molar refractivity (Wildman–Crippen MR) is 115 cm³/mol. The highest BCUT2D eigenvalue weighted by atomic mass is 35.5. The van der Waals surface area contributed by atoms with Gasteiger partial charge in [-0.2, -0.15) is 0 Å². The Hall–Kier alpha value is -2.74. The van der Waals surface area contributed by atoms with E-state index in [1.807, 2.05) is 36.4 Å². The van der Waals surface area contributed by atoms with Gasteiger partial charge < -0.3 is 18.9 Å². The van der Waals surface area contributed by atoms with Crippen LogP contribution in [0.25, 0.3) is 0 Å². The minimum atomic E-state index is -0.920. The summed E-state index contributed by atoms with van der Waals surface area (Å²) in [5.74, 6) is 1.06. The summed E-state index contributed by atoms with van der Waals surface area (Å²) < 4.78 is 22.4. The average molecular weight is 433 g/mol. The third kappa shape index (κ3) is 3.84. The standard InChI is InChI=1S/C22H24N2O5.ClH/c1-26-17-11-16(12-18(13-17)27-2)24-20(25)14-22(15-7-5-4-6-8-15)19(23-24)9-10-21(28-3)29-22;/h4-9,11-13,21,23H,10,14H2,1-3H3;1H/t21-,22+;/m0./s1. The molecule has 2 atom stereocenters. The molecule has 1 saturated heterocycles. The molecule has 2 aliphatic rings. The van der Waals surface area contributed by atoms with Crippen LogP contribution in [0.15, 0.2) is 60.3 Å². The third-order valence-electron chi connectivity index (χ3n) is 5.26. The number of amides is 1. The van der Waals surface area contributed by atoms with Gasteiger partial charge in [-0.15, -0.1) is 12.4 Å². The minimum absolute atomic E-state index is 0. The maximum atomic E-state index is 13.3. The lowest BCUT2D eigenvalue weighted by molar-refractivity contribution is -0.204. The predicted octanol–water partition coefficient (Wildman–Crippen LogP) is 3.54. The van der Waals surface area contributed by atoms with Crippen LogP contribution in [0.5, 0.6) is 11.5 Å². The van der Waals surface area contributed by atoms with Gasteiger partial charge in [-0.05, 0) is 5.56 Å². The number of benzene rings is 2. The number of nitrogens with zero attached hydrogens (tertiary/aromatic N) is 1. The Morgan fingerprint density at radius 2 is 1.73 bits per heavy atom. The van der Waals surface area contributed by atoms with Crippen LogP contribution in [0.2, 0.25) is 0 Å². The first-order chi connectivity index (χ1) is 14.1.